The van der Waals surface area contributed by atoms with Gasteiger partial charge in [-0.1, -0.05) is 6.07 Å². The van der Waals surface area contributed by atoms with Gasteiger partial charge < -0.3 is 20.9 Å². The largest absolute Gasteiger partial charge is 0.383 e. The Morgan fingerprint density at radius 1 is 1.35 bits per heavy atom. The summed E-state index contributed by atoms with van der Waals surface area (Å²) in [5.41, 5.74) is 9.60. The first-order valence-electron chi connectivity index (χ1n) is 8.78. The smallest absolute Gasteiger partial charge is 0.143 e. The summed E-state index contributed by atoms with van der Waals surface area (Å²) in [5, 5.41) is 4.37. The lowest BCUT2D eigenvalue weighted by Gasteiger charge is -2.26. The van der Waals surface area contributed by atoms with E-state index in [2.05, 4.69) is 25.2 Å². The van der Waals surface area contributed by atoms with Crippen LogP contribution in [-0.4, -0.2) is 40.1 Å². The minimum Gasteiger partial charge on any atom is -0.383 e. The highest BCUT2D eigenvalue weighted by molar-refractivity contribution is 5.90. The van der Waals surface area contributed by atoms with Crippen LogP contribution in [0, 0.1) is 19.7 Å². The Balaban J connectivity index is 1.52. The van der Waals surface area contributed by atoms with Crippen LogP contribution in [0.15, 0.2) is 30.7 Å². The number of nitrogens with two attached hydrogens (primary N) is 1. The van der Waals surface area contributed by atoms with Gasteiger partial charge >= 0.3 is 0 Å². The first-order valence-corrected chi connectivity index (χ1v) is 8.78. The van der Waals surface area contributed by atoms with Crippen molar-refractivity contribution in [2.45, 2.75) is 25.8 Å². The molecule has 1 atom stereocenters. The van der Waals surface area contributed by atoms with Crippen molar-refractivity contribution in [3.05, 3.63) is 47.7 Å². The highest BCUT2D eigenvalue weighted by Crippen LogP contribution is 2.31. The number of hydrogen-bond donors (Lipinski definition) is 3. The molecule has 2 aromatic heterocycles. The maximum Gasteiger partial charge on any atom is 0.143 e. The third kappa shape index (κ3) is 2.88. The van der Waals surface area contributed by atoms with E-state index in [0.717, 1.165) is 41.1 Å². The van der Waals surface area contributed by atoms with E-state index in [4.69, 9.17) is 5.73 Å². The lowest BCUT2D eigenvalue weighted by atomic mass is 10.00. The van der Waals surface area contributed by atoms with Gasteiger partial charge in [0, 0.05) is 37.1 Å². The summed E-state index contributed by atoms with van der Waals surface area (Å²) < 4.78 is 13.7. The Kier molecular flexibility index (Phi) is 4.03. The lowest BCUT2D eigenvalue weighted by molar-refractivity contribution is 0.498. The average Bonchev–Trinajstić information content (AvgIpc) is 3.20. The van der Waals surface area contributed by atoms with Gasteiger partial charge in [0.25, 0.3) is 0 Å². The fraction of sp³-hybridized carbons (Fsp3) is 0.368. The molecule has 1 aliphatic rings. The summed E-state index contributed by atoms with van der Waals surface area (Å²) in [5.74, 6) is 0.712. The number of benzene rings is 1. The molecular formula is C19H23FN6. The fourth-order valence-electron chi connectivity index (χ4n) is 3.63. The van der Waals surface area contributed by atoms with Crippen molar-refractivity contribution in [2.24, 2.45) is 5.73 Å². The second-order valence-electron chi connectivity index (χ2n) is 7.19. The Morgan fingerprint density at radius 2 is 2.19 bits per heavy atom. The number of aromatic nitrogens is 3. The second kappa shape index (κ2) is 6.25. The Bertz CT molecular complexity index is 952. The molecule has 136 valence electrons. The number of anilines is 2. The molecule has 1 aromatic carbocycles. The van der Waals surface area contributed by atoms with Crippen molar-refractivity contribution in [2.75, 3.05) is 29.9 Å². The summed E-state index contributed by atoms with van der Waals surface area (Å²) in [7, 11) is 0. The predicted octanol–water partition coefficient (Wildman–Crippen LogP) is 2.73. The average molecular weight is 354 g/mol. The molecule has 0 spiro atoms. The van der Waals surface area contributed by atoms with E-state index in [1.54, 1.807) is 19.3 Å². The van der Waals surface area contributed by atoms with Crippen molar-refractivity contribution in [1.29, 1.82) is 0 Å². The maximum absolute atomic E-state index is 13.7. The Morgan fingerprint density at radius 3 is 3.04 bits per heavy atom. The predicted molar refractivity (Wildman–Crippen MR) is 102 cm³/mol. The maximum atomic E-state index is 13.7. The molecule has 6 nitrogen and oxygen atoms in total. The van der Waals surface area contributed by atoms with Crippen LogP contribution in [0.25, 0.3) is 11.0 Å². The van der Waals surface area contributed by atoms with Crippen molar-refractivity contribution in [3.63, 3.8) is 0 Å². The summed E-state index contributed by atoms with van der Waals surface area (Å²) >= 11 is 0. The highest BCUT2D eigenvalue weighted by Gasteiger charge is 2.36. The minimum absolute atomic E-state index is 0.208. The number of H-pyrrole nitrogens is 1. The van der Waals surface area contributed by atoms with Gasteiger partial charge in [-0.15, -0.1) is 0 Å². The Hall–Kier alpha value is -2.67. The molecule has 3 heterocycles. The molecule has 1 unspecified atom stereocenters. The highest BCUT2D eigenvalue weighted by atomic mass is 19.1. The molecule has 0 saturated carbocycles. The number of nitrogens with one attached hydrogen (secondary N) is 2. The van der Waals surface area contributed by atoms with E-state index < -0.39 is 5.54 Å². The summed E-state index contributed by atoms with van der Waals surface area (Å²) in [4.78, 5) is 14.2. The van der Waals surface area contributed by atoms with Crippen LogP contribution >= 0.6 is 0 Å². The summed E-state index contributed by atoms with van der Waals surface area (Å²) in [6, 6.07) is 5.06. The number of rotatable bonds is 4. The van der Waals surface area contributed by atoms with Crippen molar-refractivity contribution >= 4 is 22.5 Å². The number of nitrogens with zero attached hydrogens (tertiary/aromatic N) is 3. The van der Waals surface area contributed by atoms with Gasteiger partial charge in [0.1, 0.15) is 23.6 Å². The summed E-state index contributed by atoms with van der Waals surface area (Å²) in [6.07, 6.45) is 4.37. The van der Waals surface area contributed by atoms with Gasteiger partial charge in [-0.25, -0.2) is 14.4 Å². The molecule has 1 aliphatic heterocycles. The number of halogens is 1. The van der Waals surface area contributed by atoms with Crippen LogP contribution in [0.3, 0.4) is 0 Å². The van der Waals surface area contributed by atoms with Crippen molar-refractivity contribution in [3.8, 4) is 0 Å². The first-order chi connectivity index (χ1) is 12.5. The van der Waals surface area contributed by atoms with Gasteiger partial charge in [0.2, 0.25) is 0 Å². The quantitative estimate of drug-likeness (QED) is 0.671. The zero-order valence-corrected chi connectivity index (χ0v) is 15.0. The molecule has 26 heavy (non-hydrogen) atoms. The van der Waals surface area contributed by atoms with Crippen molar-refractivity contribution < 1.29 is 4.39 Å². The molecule has 1 saturated heterocycles. The fourth-order valence-corrected chi connectivity index (χ4v) is 3.63. The third-order valence-electron chi connectivity index (χ3n) is 5.23. The van der Waals surface area contributed by atoms with Crippen molar-refractivity contribution in [1.82, 2.24) is 15.0 Å². The zero-order chi connectivity index (χ0) is 18.3. The molecular weight excluding hydrogens is 331 g/mol. The van der Waals surface area contributed by atoms with Crippen LogP contribution in [0.4, 0.5) is 15.9 Å². The van der Waals surface area contributed by atoms with Gasteiger partial charge in [0.15, 0.2) is 0 Å². The molecule has 4 N–H and O–H groups in total. The standard InChI is InChI=1S/C19H23FN6/c1-12-8-22-17-16(12)18(25-11-24-17)26-7-6-19(21,10-26)9-23-15-5-3-4-14(20)13(15)2/h3-5,8,11,23H,6-7,9-10,21H2,1-2H3,(H,22,24,25). The molecule has 3 aromatic rings. The van der Waals surface area contributed by atoms with E-state index in [1.807, 2.05) is 19.2 Å². The third-order valence-corrected chi connectivity index (χ3v) is 5.23. The lowest BCUT2D eigenvalue weighted by Crippen LogP contribution is -2.48. The Labute approximate surface area is 151 Å². The second-order valence-corrected chi connectivity index (χ2v) is 7.19. The zero-order valence-electron chi connectivity index (χ0n) is 15.0. The van der Waals surface area contributed by atoms with Gasteiger partial charge in [-0.05, 0) is 38.0 Å². The normalized spacial score (nSPS) is 20.1. The molecule has 0 aliphatic carbocycles. The van der Waals surface area contributed by atoms with Gasteiger partial charge in [-0.3, -0.25) is 0 Å². The van der Waals surface area contributed by atoms with Gasteiger partial charge in [-0.2, -0.15) is 0 Å². The van der Waals surface area contributed by atoms with E-state index in [0.29, 0.717) is 18.7 Å². The molecule has 7 heteroatoms. The van der Waals surface area contributed by atoms with Crippen LogP contribution in [0.2, 0.25) is 0 Å². The molecule has 1 fully saturated rings. The van der Waals surface area contributed by atoms with Crippen LogP contribution < -0.4 is 16.0 Å². The minimum atomic E-state index is -0.403. The number of fused-ring (bicyclic) bond motifs is 1. The van der Waals surface area contributed by atoms with Gasteiger partial charge in [0.05, 0.1) is 10.9 Å². The van der Waals surface area contributed by atoms with E-state index in [-0.39, 0.29) is 5.82 Å². The van der Waals surface area contributed by atoms with Crippen LogP contribution in [0.5, 0.6) is 0 Å². The SMILES string of the molecule is Cc1c(F)cccc1NCC1(N)CCN(c2ncnc3[nH]cc(C)c23)C1. The summed E-state index contributed by atoms with van der Waals surface area (Å²) in [6.45, 7) is 5.91. The number of aryl methyl sites for hydroxylation is 1. The monoisotopic (exact) mass is 354 g/mol. The molecule has 4 rings (SSSR count). The van der Waals surface area contributed by atoms with E-state index in [9.17, 15) is 4.39 Å². The number of hydrogen-bond acceptors (Lipinski definition) is 5. The van der Waals surface area contributed by atoms with E-state index >= 15 is 0 Å². The van der Waals surface area contributed by atoms with Crippen LogP contribution in [0.1, 0.15) is 17.5 Å². The molecule has 0 radical (unpaired) electrons. The topological polar surface area (TPSA) is 82.9 Å². The number of aromatic amines is 1. The molecule has 0 amide bonds. The molecule has 0 bridgehead atoms. The van der Waals surface area contributed by atoms with Crippen LogP contribution in [-0.2, 0) is 0 Å². The van der Waals surface area contributed by atoms with E-state index in [1.165, 1.54) is 6.07 Å². The first kappa shape index (κ1) is 16.8.